The molecule has 4 aromatic rings. The number of nitrogens with zero attached hydrogens (tertiary/aromatic N) is 2. The number of pyridine rings is 2. The topological polar surface area (TPSA) is 26.2 Å². The van der Waals surface area contributed by atoms with E-state index in [1.807, 2.05) is 64.1 Å². The summed E-state index contributed by atoms with van der Waals surface area (Å²) in [6.45, 7) is 8.16. The summed E-state index contributed by atoms with van der Waals surface area (Å²) in [4.78, 5) is 0. The van der Waals surface area contributed by atoms with Crippen LogP contribution in [0.15, 0.2) is 97.6 Å². The molecule has 0 atom stereocenters. The average Bonchev–Trinajstić information content (AvgIpc) is 2.79. The summed E-state index contributed by atoms with van der Waals surface area (Å²) in [5.74, 6) is 1.76. The molecule has 0 bridgehead atoms. The summed E-state index contributed by atoms with van der Waals surface area (Å²) >= 11 is 0. The van der Waals surface area contributed by atoms with Gasteiger partial charge in [-0.05, 0) is 51.0 Å². The van der Waals surface area contributed by atoms with Gasteiger partial charge in [0.1, 0.15) is 0 Å². The summed E-state index contributed by atoms with van der Waals surface area (Å²) in [5, 5.41) is 0. The predicted molar refractivity (Wildman–Crippen MR) is 126 cm³/mol. The van der Waals surface area contributed by atoms with Gasteiger partial charge in [0.25, 0.3) is 11.4 Å². The van der Waals surface area contributed by atoms with Crippen molar-refractivity contribution in [2.45, 2.75) is 39.9 Å². The molecule has 0 N–H and O–H groups in total. The van der Waals surface area contributed by atoms with E-state index in [1.165, 1.54) is 0 Å². The van der Waals surface area contributed by atoms with Crippen LogP contribution >= 0.6 is 0 Å². The first-order valence-electron chi connectivity index (χ1n) is 11.1. The van der Waals surface area contributed by atoms with Crippen molar-refractivity contribution >= 4 is 0 Å². The molecule has 4 heteroatoms. The van der Waals surface area contributed by atoms with Crippen LogP contribution < -0.4 is 18.6 Å². The van der Waals surface area contributed by atoms with Crippen LogP contribution in [0, 0.1) is 0 Å². The third kappa shape index (κ3) is 4.97. The van der Waals surface area contributed by atoms with Crippen molar-refractivity contribution in [2.75, 3.05) is 0 Å². The third-order valence-electron chi connectivity index (χ3n) is 5.00. The molecule has 0 unspecified atom stereocenters. The minimum Gasteiger partial charge on any atom is -0.484 e. The lowest BCUT2D eigenvalue weighted by atomic mass is 10.1. The number of para-hydroxylation sites is 4. The zero-order chi connectivity index (χ0) is 22.5. The fourth-order valence-corrected chi connectivity index (χ4v) is 3.61. The maximum Gasteiger partial charge on any atom is 0.252 e. The number of hydrogen-bond acceptors (Lipinski definition) is 2. The van der Waals surface area contributed by atoms with Gasteiger partial charge in [-0.3, -0.25) is 0 Å². The van der Waals surface area contributed by atoms with Crippen LogP contribution in [0.5, 0.6) is 11.5 Å². The van der Waals surface area contributed by atoms with E-state index in [-0.39, 0.29) is 12.2 Å². The molecule has 0 spiro atoms. The van der Waals surface area contributed by atoms with E-state index in [9.17, 15) is 0 Å². The van der Waals surface area contributed by atoms with Crippen molar-refractivity contribution in [3.63, 3.8) is 0 Å². The van der Waals surface area contributed by atoms with E-state index in [0.717, 1.165) is 34.0 Å². The molecule has 32 heavy (non-hydrogen) atoms. The molecule has 0 aliphatic carbocycles. The number of aromatic nitrogens is 2. The molecule has 0 aliphatic rings. The zero-order valence-electron chi connectivity index (χ0n) is 19.1. The van der Waals surface area contributed by atoms with Crippen molar-refractivity contribution in [1.82, 2.24) is 0 Å². The first-order valence-corrected chi connectivity index (χ1v) is 11.1. The Balaban J connectivity index is 1.58. The van der Waals surface area contributed by atoms with Crippen LogP contribution in [0.25, 0.3) is 22.5 Å². The van der Waals surface area contributed by atoms with E-state index in [4.69, 9.17) is 9.47 Å². The lowest BCUT2D eigenvalue weighted by Crippen LogP contribution is -2.31. The Morgan fingerprint density at radius 2 is 0.844 bits per heavy atom. The van der Waals surface area contributed by atoms with Crippen LogP contribution in [0.1, 0.15) is 27.7 Å². The first-order chi connectivity index (χ1) is 15.5. The van der Waals surface area contributed by atoms with E-state index in [2.05, 4.69) is 70.3 Å². The molecule has 0 saturated carbocycles. The van der Waals surface area contributed by atoms with Gasteiger partial charge in [-0.25, -0.2) is 0 Å². The van der Waals surface area contributed by atoms with E-state index in [0.29, 0.717) is 0 Å². The highest BCUT2D eigenvalue weighted by Crippen LogP contribution is 2.22. The van der Waals surface area contributed by atoms with Gasteiger partial charge in [-0.2, -0.15) is 9.13 Å². The molecule has 2 heterocycles. The lowest BCUT2D eigenvalue weighted by molar-refractivity contribution is -0.596. The van der Waals surface area contributed by atoms with Crippen LogP contribution in [-0.4, -0.2) is 12.2 Å². The Kier molecular flexibility index (Phi) is 6.50. The van der Waals surface area contributed by atoms with E-state index in [1.54, 1.807) is 0 Å². The van der Waals surface area contributed by atoms with Crippen molar-refractivity contribution in [3.05, 3.63) is 97.6 Å². The summed E-state index contributed by atoms with van der Waals surface area (Å²) in [7, 11) is 0. The normalized spacial score (nSPS) is 11.1. The van der Waals surface area contributed by atoms with Gasteiger partial charge >= 0.3 is 0 Å². The van der Waals surface area contributed by atoms with Crippen molar-refractivity contribution in [2.24, 2.45) is 0 Å². The molecule has 0 amide bonds. The van der Waals surface area contributed by atoms with Gasteiger partial charge in [0.05, 0.1) is 12.2 Å². The van der Waals surface area contributed by atoms with Gasteiger partial charge in [0, 0.05) is 36.4 Å². The van der Waals surface area contributed by atoms with Crippen molar-refractivity contribution in [1.29, 1.82) is 0 Å². The molecular formula is C28H30N2O2+2. The largest absolute Gasteiger partial charge is 0.484 e. The second-order valence-electron chi connectivity index (χ2n) is 8.26. The van der Waals surface area contributed by atoms with Gasteiger partial charge in [-0.15, -0.1) is 0 Å². The van der Waals surface area contributed by atoms with Gasteiger partial charge < -0.3 is 9.47 Å². The minimum atomic E-state index is 0.128. The molecular weight excluding hydrogens is 396 g/mol. The summed E-state index contributed by atoms with van der Waals surface area (Å²) in [5.41, 5.74) is 4.37. The Morgan fingerprint density at radius 3 is 1.19 bits per heavy atom. The van der Waals surface area contributed by atoms with Crippen LogP contribution in [0.3, 0.4) is 0 Å². The molecule has 2 aromatic carbocycles. The average molecular weight is 427 g/mol. The first kappa shape index (κ1) is 21.6. The number of rotatable bonds is 7. The Bertz CT molecular complexity index is 1070. The molecule has 2 aromatic heterocycles. The highest BCUT2D eigenvalue weighted by molar-refractivity contribution is 5.61. The molecule has 0 saturated heterocycles. The second-order valence-corrected chi connectivity index (χ2v) is 8.26. The molecule has 4 nitrogen and oxygen atoms in total. The number of benzene rings is 2. The Labute approximate surface area is 190 Å². The van der Waals surface area contributed by atoms with Gasteiger partial charge in [-0.1, -0.05) is 24.3 Å². The fraction of sp³-hybridized carbons (Fsp3) is 0.214. The quantitative estimate of drug-likeness (QED) is 0.366. The van der Waals surface area contributed by atoms with Crippen LogP contribution in [-0.2, 0) is 0 Å². The number of ether oxygens (including phenoxy) is 2. The van der Waals surface area contributed by atoms with Gasteiger partial charge in [0.2, 0.25) is 0 Å². The monoisotopic (exact) mass is 426 g/mol. The molecule has 0 aliphatic heterocycles. The minimum absolute atomic E-state index is 0.128. The molecule has 0 fully saturated rings. The highest BCUT2D eigenvalue weighted by Gasteiger charge is 2.16. The van der Waals surface area contributed by atoms with E-state index >= 15 is 0 Å². The molecule has 162 valence electrons. The third-order valence-corrected chi connectivity index (χ3v) is 5.00. The smallest absolute Gasteiger partial charge is 0.252 e. The maximum absolute atomic E-state index is 5.97. The predicted octanol–water partition coefficient (Wildman–Crippen LogP) is 5.48. The van der Waals surface area contributed by atoms with Crippen LogP contribution in [0.4, 0.5) is 0 Å². The Morgan fingerprint density at radius 1 is 0.500 bits per heavy atom. The fourth-order valence-electron chi connectivity index (χ4n) is 3.61. The van der Waals surface area contributed by atoms with E-state index < -0.39 is 0 Å². The SMILES string of the molecule is CC(C)Oc1ccccc1-[n+]1ccc(-c2cc[n+](-c3ccccc3OC(C)C)cc2)cc1. The van der Waals surface area contributed by atoms with Crippen molar-refractivity contribution in [3.8, 4) is 34.0 Å². The summed E-state index contributed by atoms with van der Waals surface area (Å²) < 4.78 is 16.1. The highest BCUT2D eigenvalue weighted by atomic mass is 16.5. The van der Waals surface area contributed by atoms with Gasteiger partial charge in [0.15, 0.2) is 36.3 Å². The Hall–Kier alpha value is -3.66. The molecule has 4 rings (SSSR count). The maximum atomic E-state index is 5.97. The lowest BCUT2D eigenvalue weighted by Gasteiger charge is -2.11. The van der Waals surface area contributed by atoms with Crippen LogP contribution in [0.2, 0.25) is 0 Å². The number of hydrogen-bond donors (Lipinski definition) is 0. The standard InChI is InChI=1S/C28H30N2O2/c1-21(2)31-27-11-7-5-9-25(27)29-17-13-23(14-18-29)24-15-19-30(20-16-24)26-10-6-8-12-28(26)32-22(3)4/h5-22H,1-4H3/q+2. The van der Waals surface area contributed by atoms with Crippen molar-refractivity contribution < 1.29 is 18.6 Å². The summed E-state index contributed by atoms with van der Waals surface area (Å²) in [6.07, 6.45) is 8.55. The zero-order valence-corrected chi connectivity index (χ0v) is 19.1. The second kappa shape index (κ2) is 9.65. The summed E-state index contributed by atoms with van der Waals surface area (Å²) in [6, 6.07) is 24.7. The molecule has 0 radical (unpaired) electrons.